The summed E-state index contributed by atoms with van der Waals surface area (Å²) in [6.45, 7) is 1.80. The van der Waals surface area contributed by atoms with E-state index in [1.54, 1.807) is 31.2 Å². The molecule has 0 aliphatic heterocycles. The lowest BCUT2D eigenvalue weighted by atomic mass is 10.1. The number of benzene rings is 2. The van der Waals surface area contributed by atoms with Crippen LogP contribution in [0.4, 0.5) is 13.9 Å². The molecular weight excluding hydrogens is 346 g/mol. The smallest absolute Gasteiger partial charge is 0.261 e. The van der Waals surface area contributed by atoms with Gasteiger partial charge in [-0.25, -0.2) is 13.8 Å². The Morgan fingerprint density at radius 2 is 1.92 bits per heavy atom. The average molecular weight is 360 g/mol. The van der Waals surface area contributed by atoms with Gasteiger partial charge in [-0.2, -0.15) is 0 Å². The Labute approximate surface area is 147 Å². The summed E-state index contributed by atoms with van der Waals surface area (Å²) in [5, 5.41) is 3.08. The first-order valence-corrected chi connectivity index (χ1v) is 8.18. The number of amides is 1. The topological polar surface area (TPSA) is 51.2 Å². The molecule has 4 nitrogen and oxygen atoms in total. The summed E-state index contributed by atoms with van der Waals surface area (Å²) in [7, 11) is 1.49. The molecule has 0 spiro atoms. The number of anilines is 1. The number of aryl methyl sites for hydroxylation is 1. The minimum Gasteiger partial charge on any atom is -0.496 e. The maximum Gasteiger partial charge on any atom is 0.261 e. The van der Waals surface area contributed by atoms with Crippen molar-refractivity contribution < 1.29 is 18.3 Å². The quantitative estimate of drug-likeness (QED) is 0.736. The van der Waals surface area contributed by atoms with Gasteiger partial charge in [-0.05, 0) is 37.3 Å². The number of methoxy groups -OCH3 is 1. The SMILES string of the molecule is COc1ccccc1C(=O)Nc1nc(-c2ccc(F)c(F)c2)c(C)s1. The fourth-order valence-corrected chi connectivity index (χ4v) is 3.19. The number of rotatable bonds is 4. The Morgan fingerprint density at radius 1 is 1.16 bits per heavy atom. The molecule has 0 unspecified atom stereocenters. The van der Waals surface area contributed by atoms with E-state index in [0.29, 0.717) is 27.7 Å². The van der Waals surface area contributed by atoms with Gasteiger partial charge < -0.3 is 4.74 Å². The van der Waals surface area contributed by atoms with E-state index in [1.807, 2.05) is 0 Å². The molecule has 3 rings (SSSR count). The van der Waals surface area contributed by atoms with Crippen LogP contribution in [0, 0.1) is 18.6 Å². The highest BCUT2D eigenvalue weighted by Crippen LogP contribution is 2.31. The molecule has 25 heavy (non-hydrogen) atoms. The molecule has 0 saturated heterocycles. The summed E-state index contributed by atoms with van der Waals surface area (Å²) in [6.07, 6.45) is 0. The number of aromatic nitrogens is 1. The van der Waals surface area contributed by atoms with Gasteiger partial charge in [0.05, 0.1) is 18.4 Å². The Bertz CT molecular complexity index is 941. The second-order valence-corrected chi connectivity index (χ2v) is 6.41. The van der Waals surface area contributed by atoms with Gasteiger partial charge >= 0.3 is 0 Å². The van der Waals surface area contributed by atoms with Gasteiger partial charge in [0.2, 0.25) is 0 Å². The predicted molar refractivity (Wildman–Crippen MR) is 93.2 cm³/mol. The summed E-state index contributed by atoms with van der Waals surface area (Å²) < 4.78 is 31.7. The molecule has 1 amide bonds. The van der Waals surface area contributed by atoms with Gasteiger partial charge in [0, 0.05) is 10.4 Å². The average Bonchev–Trinajstić information content (AvgIpc) is 2.97. The number of para-hydroxylation sites is 1. The highest BCUT2D eigenvalue weighted by molar-refractivity contribution is 7.16. The number of carbonyl (C=O) groups is 1. The molecule has 0 aliphatic rings. The zero-order valence-electron chi connectivity index (χ0n) is 13.5. The number of thiazole rings is 1. The van der Waals surface area contributed by atoms with E-state index in [0.717, 1.165) is 17.0 Å². The molecule has 0 atom stereocenters. The third-order valence-electron chi connectivity index (χ3n) is 3.56. The van der Waals surface area contributed by atoms with Gasteiger partial charge in [0.15, 0.2) is 16.8 Å². The van der Waals surface area contributed by atoms with Crippen molar-refractivity contribution in [3.63, 3.8) is 0 Å². The van der Waals surface area contributed by atoms with Crippen molar-refractivity contribution >= 4 is 22.4 Å². The molecule has 3 aromatic rings. The van der Waals surface area contributed by atoms with E-state index in [2.05, 4.69) is 10.3 Å². The van der Waals surface area contributed by atoms with Crippen molar-refractivity contribution in [2.24, 2.45) is 0 Å². The maximum atomic E-state index is 13.4. The third kappa shape index (κ3) is 3.51. The van der Waals surface area contributed by atoms with Gasteiger partial charge in [0.25, 0.3) is 5.91 Å². The highest BCUT2D eigenvalue weighted by atomic mass is 32.1. The van der Waals surface area contributed by atoms with Crippen LogP contribution in [0.5, 0.6) is 5.75 Å². The number of nitrogens with zero attached hydrogens (tertiary/aromatic N) is 1. The lowest BCUT2D eigenvalue weighted by Crippen LogP contribution is -2.12. The van der Waals surface area contributed by atoms with Crippen LogP contribution >= 0.6 is 11.3 Å². The van der Waals surface area contributed by atoms with Crippen LogP contribution in [-0.4, -0.2) is 18.0 Å². The number of ether oxygens (including phenoxy) is 1. The molecule has 7 heteroatoms. The number of hydrogen-bond acceptors (Lipinski definition) is 4. The van der Waals surface area contributed by atoms with E-state index in [1.165, 1.54) is 24.5 Å². The molecular formula is C18H14F2N2O2S. The number of halogens is 2. The van der Waals surface area contributed by atoms with Gasteiger partial charge in [-0.15, -0.1) is 11.3 Å². The second-order valence-electron chi connectivity index (χ2n) is 5.21. The zero-order valence-corrected chi connectivity index (χ0v) is 14.3. The van der Waals surface area contributed by atoms with Crippen molar-refractivity contribution in [2.75, 3.05) is 12.4 Å². The Kier molecular flexibility index (Phi) is 4.76. The summed E-state index contributed by atoms with van der Waals surface area (Å²) in [5.74, 6) is -1.76. The molecule has 0 aliphatic carbocycles. The lowest BCUT2D eigenvalue weighted by Gasteiger charge is -2.07. The van der Waals surface area contributed by atoms with E-state index in [4.69, 9.17) is 4.74 Å². The van der Waals surface area contributed by atoms with Crippen molar-refractivity contribution in [3.05, 3.63) is 64.5 Å². The monoisotopic (exact) mass is 360 g/mol. The van der Waals surface area contributed by atoms with Crippen LogP contribution < -0.4 is 10.1 Å². The van der Waals surface area contributed by atoms with Crippen LogP contribution in [0.25, 0.3) is 11.3 Å². The molecule has 128 valence electrons. The van der Waals surface area contributed by atoms with Crippen LogP contribution in [0.2, 0.25) is 0 Å². The third-order valence-corrected chi connectivity index (χ3v) is 4.45. The van der Waals surface area contributed by atoms with Crippen molar-refractivity contribution in [2.45, 2.75) is 6.92 Å². The van der Waals surface area contributed by atoms with E-state index >= 15 is 0 Å². The lowest BCUT2D eigenvalue weighted by molar-refractivity contribution is 0.102. The molecule has 0 radical (unpaired) electrons. The minimum atomic E-state index is -0.940. The molecule has 1 N–H and O–H groups in total. The van der Waals surface area contributed by atoms with Crippen LogP contribution in [0.15, 0.2) is 42.5 Å². The normalized spacial score (nSPS) is 10.6. The molecule has 0 bridgehead atoms. The van der Waals surface area contributed by atoms with E-state index in [-0.39, 0.29) is 5.91 Å². The van der Waals surface area contributed by atoms with Crippen LogP contribution in [0.1, 0.15) is 15.2 Å². The summed E-state index contributed by atoms with van der Waals surface area (Å²) in [5.41, 5.74) is 1.33. The van der Waals surface area contributed by atoms with Gasteiger partial charge in [0.1, 0.15) is 5.75 Å². The van der Waals surface area contributed by atoms with Crippen molar-refractivity contribution in [1.29, 1.82) is 0 Å². The Balaban J connectivity index is 1.87. The number of hydrogen-bond donors (Lipinski definition) is 1. The standard InChI is InChI=1S/C18H14F2N2O2S/c1-10-16(11-7-8-13(19)14(20)9-11)21-18(25-10)22-17(23)12-5-3-4-6-15(12)24-2/h3-9H,1-2H3,(H,21,22,23). The first kappa shape index (κ1) is 17.0. The Hall–Kier alpha value is -2.80. The van der Waals surface area contributed by atoms with E-state index < -0.39 is 11.6 Å². The van der Waals surface area contributed by atoms with E-state index in [9.17, 15) is 13.6 Å². The van der Waals surface area contributed by atoms with Crippen molar-refractivity contribution in [3.8, 4) is 17.0 Å². The van der Waals surface area contributed by atoms with Gasteiger partial charge in [-0.3, -0.25) is 10.1 Å². The molecule has 1 heterocycles. The minimum absolute atomic E-state index is 0.358. The first-order valence-electron chi connectivity index (χ1n) is 7.37. The highest BCUT2D eigenvalue weighted by Gasteiger charge is 2.16. The summed E-state index contributed by atoms with van der Waals surface area (Å²) >= 11 is 1.26. The van der Waals surface area contributed by atoms with Crippen molar-refractivity contribution in [1.82, 2.24) is 4.98 Å². The molecule has 2 aromatic carbocycles. The molecule has 1 aromatic heterocycles. The zero-order chi connectivity index (χ0) is 18.0. The number of carbonyl (C=O) groups excluding carboxylic acids is 1. The first-order chi connectivity index (χ1) is 12.0. The maximum absolute atomic E-state index is 13.4. The fraction of sp³-hybridized carbons (Fsp3) is 0.111. The Morgan fingerprint density at radius 3 is 2.64 bits per heavy atom. The number of nitrogens with one attached hydrogen (secondary N) is 1. The molecule has 0 fully saturated rings. The van der Waals surface area contributed by atoms with Crippen LogP contribution in [-0.2, 0) is 0 Å². The summed E-state index contributed by atoms with van der Waals surface area (Å²) in [6, 6.07) is 10.4. The largest absolute Gasteiger partial charge is 0.496 e. The second kappa shape index (κ2) is 6.98. The van der Waals surface area contributed by atoms with Gasteiger partial charge in [-0.1, -0.05) is 12.1 Å². The fourth-order valence-electron chi connectivity index (χ4n) is 2.36. The predicted octanol–water partition coefficient (Wildman–Crippen LogP) is 4.66. The van der Waals surface area contributed by atoms with Crippen LogP contribution in [0.3, 0.4) is 0 Å². The molecule has 0 saturated carbocycles. The summed E-state index contributed by atoms with van der Waals surface area (Å²) in [4.78, 5) is 17.5.